The average Bonchev–Trinajstić information content (AvgIpc) is 2.57. The van der Waals surface area contributed by atoms with Gasteiger partial charge in [-0.2, -0.15) is 0 Å². The van der Waals surface area contributed by atoms with Gasteiger partial charge in [-0.05, 0) is 13.3 Å². The molecule has 0 rings (SSSR count). The van der Waals surface area contributed by atoms with Crippen LogP contribution < -0.4 is 34.5 Å². The molecule has 0 aliphatic carbocycles. The van der Waals surface area contributed by atoms with E-state index < -0.39 is 7.82 Å². The molecular formula is C20H42NaO4P. The molecule has 26 heavy (non-hydrogen) atoms. The van der Waals surface area contributed by atoms with E-state index in [9.17, 15) is 9.46 Å². The maximum Gasteiger partial charge on any atom is 1.00 e. The van der Waals surface area contributed by atoms with Gasteiger partial charge in [-0.15, -0.1) is 0 Å². The van der Waals surface area contributed by atoms with Gasteiger partial charge in [0.05, 0.1) is 13.2 Å². The molecule has 1 unspecified atom stereocenters. The number of hydrogen-bond donors (Lipinski definition) is 0. The number of rotatable bonds is 20. The smallest absolute Gasteiger partial charge is 0.756 e. The first kappa shape index (κ1) is 29.3. The Bertz CT molecular complexity index is 316. The predicted molar refractivity (Wildman–Crippen MR) is 105 cm³/mol. The van der Waals surface area contributed by atoms with Gasteiger partial charge in [0, 0.05) is 0 Å². The third-order valence-electron chi connectivity index (χ3n) is 4.53. The summed E-state index contributed by atoms with van der Waals surface area (Å²) < 4.78 is 20.5. The van der Waals surface area contributed by atoms with E-state index in [1.165, 1.54) is 89.9 Å². The van der Waals surface area contributed by atoms with E-state index in [4.69, 9.17) is 4.52 Å². The largest absolute Gasteiger partial charge is 1.00 e. The molecule has 6 heteroatoms. The van der Waals surface area contributed by atoms with E-state index in [1.807, 2.05) is 0 Å². The first-order valence-corrected chi connectivity index (χ1v) is 12.2. The molecule has 0 bridgehead atoms. The summed E-state index contributed by atoms with van der Waals surface area (Å²) in [7, 11) is -4.03. The fourth-order valence-electron chi connectivity index (χ4n) is 3.02. The standard InChI is InChI=1S/C20H43O4P.Na/c1-3-5-6-7-8-9-10-11-12-13-14-15-16-17-18-19-20-24-25(21,22)23-4-2;/h3-20H2,1-2H3,(H,21,22);/q;+1/p-1. The first-order valence-electron chi connectivity index (χ1n) is 10.7. The summed E-state index contributed by atoms with van der Waals surface area (Å²) in [4.78, 5) is 11.2. The Labute approximate surface area is 185 Å². The zero-order chi connectivity index (χ0) is 18.6. The van der Waals surface area contributed by atoms with Gasteiger partial charge in [-0.3, -0.25) is 4.57 Å². The third kappa shape index (κ3) is 23.1. The molecule has 0 radical (unpaired) electrons. The summed E-state index contributed by atoms with van der Waals surface area (Å²) in [5, 5.41) is 0. The van der Waals surface area contributed by atoms with E-state index in [0.29, 0.717) is 0 Å². The maximum atomic E-state index is 11.2. The summed E-state index contributed by atoms with van der Waals surface area (Å²) in [5.41, 5.74) is 0. The Balaban J connectivity index is 0. The third-order valence-corrected chi connectivity index (χ3v) is 5.61. The van der Waals surface area contributed by atoms with Crippen molar-refractivity contribution in [3.8, 4) is 0 Å². The number of hydrogen-bond acceptors (Lipinski definition) is 4. The molecule has 0 heterocycles. The van der Waals surface area contributed by atoms with Crippen molar-refractivity contribution in [2.45, 2.75) is 117 Å². The van der Waals surface area contributed by atoms with Crippen molar-refractivity contribution >= 4 is 7.82 Å². The molecular weight excluding hydrogens is 358 g/mol. The maximum absolute atomic E-state index is 11.2. The van der Waals surface area contributed by atoms with Gasteiger partial charge in [-0.1, -0.05) is 103 Å². The monoisotopic (exact) mass is 400 g/mol. The van der Waals surface area contributed by atoms with Crippen molar-refractivity contribution in [1.29, 1.82) is 0 Å². The molecule has 0 aliphatic heterocycles. The van der Waals surface area contributed by atoms with Gasteiger partial charge < -0.3 is 13.9 Å². The average molecular weight is 401 g/mol. The summed E-state index contributed by atoms with van der Waals surface area (Å²) >= 11 is 0. The number of phosphoric ester groups is 1. The summed E-state index contributed by atoms with van der Waals surface area (Å²) in [6, 6.07) is 0. The van der Waals surface area contributed by atoms with Crippen molar-refractivity contribution in [2.24, 2.45) is 0 Å². The summed E-state index contributed by atoms with van der Waals surface area (Å²) in [6.07, 6.45) is 20.9. The van der Waals surface area contributed by atoms with Crippen LogP contribution in [-0.2, 0) is 13.6 Å². The van der Waals surface area contributed by atoms with Crippen molar-refractivity contribution in [3.05, 3.63) is 0 Å². The van der Waals surface area contributed by atoms with Gasteiger partial charge in [-0.25, -0.2) is 0 Å². The molecule has 0 fully saturated rings. The predicted octanol–water partition coefficient (Wildman–Crippen LogP) is 3.77. The topological polar surface area (TPSA) is 58.6 Å². The van der Waals surface area contributed by atoms with Gasteiger partial charge in [0.1, 0.15) is 0 Å². The van der Waals surface area contributed by atoms with Crippen LogP contribution in [0.1, 0.15) is 117 Å². The SMILES string of the molecule is CCCCCCCCCCCCCCCCCCOP(=O)([O-])OCC.[Na+]. The molecule has 0 amide bonds. The quantitative estimate of drug-likeness (QED) is 0.177. The zero-order valence-electron chi connectivity index (χ0n) is 17.8. The van der Waals surface area contributed by atoms with E-state index >= 15 is 0 Å². The minimum absolute atomic E-state index is 0. The van der Waals surface area contributed by atoms with Crippen molar-refractivity contribution in [3.63, 3.8) is 0 Å². The van der Waals surface area contributed by atoms with Crippen LogP contribution in [0.15, 0.2) is 0 Å². The van der Waals surface area contributed by atoms with Crippen LogP contribution in [0.3, 0.4) is 0 Å². The molecule has 1 atom stereocenters. The Kier molecular flexibility index (Phi) is 25.3. The van der Waals surface area contributed by atoms with Crippen molar-refractivity contribution in [2.75, 3.05) is 13.2 Å². The molecule has 0 spiro atoms. The number of unbranched alkanes of at least 4 members (excludes halogenated alkanes) is 15. The van der Waals surface area contributed by atoms with E-state index in [2.05, 4.69) is 11.4 Å². The fourth-order valence-corrected chi connectivity index (χ4v) is 3.77. The van der Waals surface area contributed by atoms with E-state index in [0.717, 1.165) is 12.8 Å². The minimum atomic E-state index is -4.03. The summed E-state index contributed by atoms with van der Waals surface area (Å²) in [5.74, 6) is 0. The van der Waals surface area contributed by atoms with Gasteiger partial charge in [0.25, 0.3) is 7.82 Å². The van der Waals surface area contributed by atoms with E-state index in [1.54, 1.807) is 6.92 Å². The van der Waals surface area contributed by atoms with Crippen LogP contribution in [0.4, 0.5) is 0 Å². The van der Waals surface area contributed by atoms with Crippen LogP contribution >= 0.6 is 7.82 Å². The summed E-state index contributed by atoms with van der Waals surface area (Å²) in [6.45, 7) is 4.30. The van der Waals surface area contributed by atoms with E-state index in [-0.39, 0.29) is 42.8 Å². The molecule has 0 saturated carbocycles. The van der Waals surface area contributed by atoms with Crippen LogP contribution in [0.2, 0.25) is 0 Å². The molecule has 4 nitrogen and oxygen atoms in total. The minimum Gasteiger partial charge on any atom is -0.756 e. The number of phosphoric acid groups is 1. The second-order valence-electron chi connectivity index (χ2n) is 7.00. The Hall–Kier alpha value is 1.11. The molecule has 0 aromatic carbocycles. The van der Waals surface area contributed by atoms with Crippen molar-refractivity contribution in [1.82, 2.24) is 0 Å². The van der Waals surface area contributed by atoms with Crippen LogP contribution in [-0.4, -0.2) is 13.2 Å². The molecule has 0 saturated heterocycles. The Morgan fingerprint density at radius 3 is 1.31 bits per heavy atom. The van der Waals surface area contributed by atoms with Crippen molar-refractivity contribution < 1.29 is 48.1 Å². The molecule has 152 valence electrons. The Morgan fingerprint density at radius 1 is 0.615 bits per heavy atom. The van der Waals surface area contributed by atoms with Crippen LogP contribution in [0, 0.1) is 0 Å². The van der Waals surface area contributed by atoms with Gasteiger partial charge >= 0.3 is 29.6 Å². The second-order valence-corrected chi connectivity index (χ2v) is 8.41. The Morgan fingerprint density at radius 2 is 0.962 bits per heavy atom. The molecule has 0 aliphatic rings. The normalized spacial score (nSPS) is 13.3. The van der Waals surface area contributed by atoms with Crippen LogP contribution in [0.5, 0.6) is 0 Å². The fraction of sp³-hybridized carbons (Fsp3) is 1.00. The molecule has 0 aromatic heterocycles. The van der Waals surface area contributed by atoms with Crippen LogP contribution in [0.25, 0.3) is 0 Å². The van der Waals surface area contributed by atoms with Gasteiger partial charge in [0.15, 0.2) is 0 Å². The molecule has 0 aromatic rings. The second kappa shape index (κ2) is 22.4. The van der Waals surface area contributed by atoms with Gasteiger partial charge in [0.2, 0.25) is 0 Å². The molecule has 0 N–H and O–H groups in total. The first-order chi connectivity index (χ1) is 12.1. The zero-order valence-corrected chi connectivity index (χ0v) is 20.7.